The van der Waals surface area contributed by atoms with E-state index in [-0.39, 0.29) is 10.9 Å². The van der Waals surface area contributed by atoms with Gasteiger partial charge in [0.2, 0.25) is 5.91 Å². The molecule has 0 aliphatic carbocycles. The molecule has 1 heterocycles. The monoisotopic (exact) mass is 262 g/mol. The number of carbonyl (C=O) groups excluding carboxylic acids is 1. The van der Waals surface area contributed by atoms with Crippen LogP contribution in [0.5, 0.6) is 0 Å². The van der Waals surface area contributed by atoms with E-state index >= 15 is 0 Å². The molecule has 0 spiro atoms. The van der Waals surface area contributed by atoms with Gasteiger partial charge in [0.25, 0.3) is 0 Å². The third-order valence-electron chi connectivity index (χ3n) is 3.33. The van der Waals surface area contributed by atoms with E-state index in [0.717, 1.165) is 31.5 Å². The first-order valence-electron chi connectivity index (χ1n) is 6.33. The van der Waals surface area contributed by atoms with Gasteiger partial charge in [-0.15, -0.1) is 0 Å². The normalized spacial score (nSPS) is 17.2. The number of piperidine rings is 1. The van der Waals surface area contributed by atoms with Crippen LogP contribution in [0.4, 0.5) is 0 Å². The molecule has 1 aliphatic heterocycles. The minimum atomic E-state index is -0.473. The van der Waals surface area contributed by atoms with E-state index in [9.17, 15) is 4.79 Å². The molecule has 1 fully saturated rings. The van der Waals surface area contributed by atoms with E-state index in [2.05, 4.69) is 0 Å². The molecule has 2 rings (SSSR count). The van der Waals surface area contributed by atoms with Crippen molar-refractivity contribution in [3.63, 3.8) is 0 Å². The lowest BCUT2D eigenvalue weighted by atomic mass is 9.96. The van der Waals surface area contributed by atoms with Crippen molar-refractivity contribution in [3.05, 3.63) is 35.9 Å². The van der Waals surface area contributed by atoms with E-state index in [0.29, 0.717) is 0 Å². The van der Waals surface area contributed by atoms with Gasteiger partial charge in [-0.3, -0.25) is 4.79 Å². The molecule has 1 aromatic rings. The third kappa shape index (κ3) is 2.88. The van der Waals surface area contributed by atoms with Crippen molar-refractivity contribution in [2.45, 2.75) is 25.2 Å². The summed E-state index contributed by atoms with van der Waals surface area (Å²) in [4.78, 5) is 14.6. The maximum atomic E-state index is 12.5. The number of hydrogen-bond donors (Lipinski definition) is 1. The molecule has 0 saturated carbocycles. The number of thiocarbonyl (C=S) groups is 1. The summed E-state index contributed by atoms with van der Waals surface area (Å²) in [5, 5.41) is 0. The van der Waals surface area contributed by atoms with Crippen LogP contribution in [-0.4, -0.2) is 28.9 Å². The molecule has 1 amide bonds. The van der Waals surface area contributed by atoms with Crippen LogP contribution in [0.1, 0.15) is 30.7 Å². The fourth-order valence-corrected chi connectivity index (χ4v) is 2.61. The SMILES string of the molecule is NC(=S)C(C(=O)N1CCCCC1)c1ccccc1. The predicted molar refractivity (Wildman–Crippen MR) is 76.4 cm³/mol. The number of nitrogens with two attached hydrogens (primary N) is 1. The van der Waals surface area contributed by atoms with Gasteiger partial charge in [-0.2, -0.15) is 0 Å². The Bertz CT molecular complexity index is 427. The number of amides is 1. The van der Waals surface area contributed by atoms with Crippen LogP contribution >= 0.6 is 12.2 Å². The van der Waals surface area contributed by atoms with Crippen molar-refractivity contribution in [2.75, 3.05) is 13.1 Å². The summed E-state index contributed by atoms with van der Waals surface area (Å²) in [6.07, 6.45) is 3.35. The van der Waals surface area contributed by atoms with Gasteiger partial charge in [-0.05, 0) is 24.8 Å². The van der Waals surface area contributed by atoms with Crippen LogP contribution < -0.4 is 5.73 Å². The van der Waals surface area contributed by atoms with Gasteiger partial charge < -0.3 is 10.6 Å². The zero-order valence-electron chi connectivity index (χ0n) is 10.3. The minimum absolute atomic E-state index is 0.0494. The summed E-state index contributed by atoms with van der Waals surface area (Å²) in [5.41, 5.74) is 6.65. The molecule has 0 radical (unpaired) electrons. The van der Waals surface area contributed by atoms with Crippen LogP contribution in [-0.2, 0) is 4.79 Å². The van der Waals surface area contributed by atoms with Crippen molar-refractivity contribution in [1.82, 2.24) is 4.90 Å². The van der Waals surface area contributed by atoms with Crippen molar-refractivity contribution < 1.29 is 4.79 Å². The average molecular weight is 262 g/mol. The largest absolute Gasteiger partial charge is 0.392 e. The molecule has 3 nitrogen and oxygen atoms in total. The second-order valence-electron chi connectivity index (χ2n) is 4.63. The topological polar surface area (TPSA) is 46.3 Å². The van der Waals surface area contributed by atoms with Gasteiger partial charge in [-0.25, -0.2) is 0 Å². The molecule has 1 saturated heterocycles. The first-order valence-corrected chi connectivity index (χ1v) is 6.74. The smallest absolute Gasteiger partial charge is 0.236 e. The van der Waals surface area contributed by atoms with Gasteiger partial charge in [0, 0.05) is 13.1 Å². The lowest BCUT2D eigenvalue weighted by Gasteiger charge is -2.30. The first-order chi connectivity index (χ1) is 8.70. The number of hydrogen-bond acceptors (Lipinski definition) is 2. The minimum Gasteiger partial charge on any atom is -0.392 e. The highest BCUT2D eigenvalue weighted by molar-refractivity contribution is 7.80. The number of benzene rings is 1. The molecule has 2 N–H and O–H groups in total. The molecule has 18 heavy (non-hydrogen) atoms. The highest BCUT2D eigenvalue weighted by Crippen LogP contribution is 2.21. The molecule has 4 heteroatoms. The molecule has 0 bridgehead atoms. The van der Waals surface area contributed by atoms with E-state index in [1.165, 1.54) is 6.42 Å². The number of likely N-dealkylation sites (tertiary alicyclic amines) is 1. The lowest BCUT2D eigenvalue weighted by molar-refractivity contribution is -0.132. The maximum absolute atomic E-state index is 12.5. The molecule has 1 atom stereocenters. The van der Waals surface area contributed by atoms with Crippen molar-refractivity contribution >= 4 is 23.1 Å². The van der Waals surface area contributed by atoms with E-state index in [1.807, 2.05) is 35.2 Å². The molecule has 1 aromatic carbocycles. The Morgan fingerprint density at radius 3 is 2.33 bits per heavy atom. The first kappa shape index (κ1) is 13.0. The fraction of sp³-hybridized carbons (Fsp3) is 0.429. The standard InChI is InChI=1S/C14H18N2OS/c15-13(18)12(11-7-3-1-4-8-11)14(17)16-9-5-2-6-10-16/h1,3-4,7-8,12H,2,5-6,9-10H2,(H2,15,18). The van der Waals surface area contributed by atoms with Crippen molar-refractivity contribution in [2.24, 2.45) is 5.73 Å². The van der Waals surface area contributed by atoms with Crippen molar-refractivity contribution in [1.29, 1.82) is 0 Å². The third-order valence-corrected chi connectivity index (χ3v) is 3.57. The Morgan fingerprint density at radius 1 is 1.17 bits per heavy atom. The molecule has 1 unspecified atom stereocenters. The second-order valence-corrected chi connectivity index (χ2v) is 5.10. The van der Waals surface area contributed by atoms with Gasteiger partial charge >= 0.3 is 0 Å². The zero-order chi connectivity index (χ0) is 13.0. The van der Waals surface area contributed by atoms with Crippen LogP contribution in [0, 0.1) is 0 Å². The van der Waals surface area contributed by atoms with Crippen molar-refractivity contribution in [3.8, 4) is 0 Å². The Kier molecular flexibility index (Phi) is 4.31. The second kappa shape index (κ2) is 5.96. The lowest BCUT2D eigenvalue weighted by Crippen LogP contribution is -2.42. The Balaban J connectivity index is 2.20. The van der Waals surface area contributed by atoms with E-state index in [1.54, 1.807) is 0 Å². The Labute approximate surface area is 113 Å². The number of rotatable bonds is 3. The summed E-state index contributed by atoms with van der Waals surface area (Å²) in [5.74, 6) is -0.423. The van der Waals surface area contributed by atoms with Gasteiger partial charge in [-0.1, -0.05) is 42.5 Å². The highest BCUT2D eigenvalue weighted by atomic mass is 32.1. The summed E-state index contributed by atoms with van der Waals surface area (Å²) >= 11 is 5.07. The van der Waals surface area contributed by atoms with Crippen LogP contribution in [0.2, 0.25) is 0 Å². The number of nitrogens with zero attached hydrogens (tertiary/aromatic N) is 1. The summed E-state index contributed by atoms with van der Waals surface area (Å²) in [6, 6.07) is 9.55. The average Bonchev–Trinajstić information content (AvgIpc) is 2.40. The van der Waals surface area contributed by atoms with Crippen LogP contribution in [0.25, 0.3) is 0 Å². The van der Waals surface area contributed by atoms with Gasteiger partial charge in [0.15, 0.2) is 0 Å². The fourth-order valence-electron chi connectivity index (χ4n) is 2.37. The molecular formula is C14H18N2OS. The molecule has 1 aliphatic rings. The quantitative estimate of drug-likeness (QED) is 0.848. The molecule has 96 valence electrons. The molecule has 0 aromatic heterocycles. The highest BCUT2D eigenvalue weighted by Gasteiger charge is 2.28. The predicted octanol–water partition coefficient (Wildman–Crippen LogP) is 2.07. The summed E-state index contributed by atoms with van der Waals surface area (Å²) < 4.78 is 0. The Hall–Kier alpha value is -1.42. The molecular weight excluding hydrogens is 244 g/mol. The van der Waals surface area contributed by atoms with E-state index in [4.69, 9.17) is 18.0 Å². The van der Waals surface area contributed by atoms with Gasteiger partial charge in [0.05, 0.1) is 4.99 Å². The van der Waals surface area contributed by atoms with Crippen LogP contribution in [0.15, 0.2) is 30.3 Å². The summed E-state index contributed by atoms with van der Waals surface area (Å²) in [7, 11) is 0. The maximum Gasteiger partial charge on any atom is 0.236 e. The van der Waals surface area contributed by atoms with Crippen LogP contribution in [0.3, 0.4) is 0 Å². The number of carbonyl (C=O) groups is 1. The summed E-state index contributed by atoms with van der Waals surface area (Å²) in [6.45, 7) is 1.65. The van der Waals surface area contributed by atoms with E-state index < -0.39 is 5.92 Å². The Morgan fingerprint density at radius 2 is 1.78 bits per heavy atom. The van der Waals surface area contributed by atoms with Gasteiger partial charge in [0.1, 0.15) is 5.92 Å². The zero-order valence-corrected chi connectivity index (χ0v) is 11.2.